The number of benzene rings is 1. The number of rotatable bonds is 1. The summed E-state index contributed by atoms with van der Waals surface area (Å²) in [4.78, 5) is 0. The molecule has 0 aromatic heterocycles. The average molecular weight is 237 g/mol. The van der Waals surface area contributed by atoms with E-state index in [1.165, 1.54) is 12.1 Å². The van der Waals surface area contributed by atoms with Crippen molar-refractivity contribution in [2.45, 2.75) is 18.0 Å². The molecule has 0 fully saturated rings. The van der Waals surface area contributed by atoms with E-state index in [1.807, 2.05) is 0 Å². The van der Waals surface area contributed by atoms with Gasteiger partial charge in [0.15, 0.2) is 5.38 Å². The van der Waals surface area contributed by atoms with Crippen molar-refractivity contribution in [1.29, 1.82) is 0 Å². The molecular formula is C10H8ClF3O. The molecule has 0 spiro atoms. The van der Waals surface area contributed by atoms with Crippen LogP contribution in [0, 0.1) is 0 Å². The van der Waals surface area contributed by atoms with Gasteiger partial charge in [-0.3, -0.25) is 0 Å². The summed E-state index contributed by atoms with van der Waals surface area (Å²) in [6, 6.07) is 4.36. The Bertz CT molecular complexity index is 375. The predicted molar refractivity (Wildman–Crippen MR) is 50.3 cm³/mol. The Balaban J connectivity index is 2.31. The van der Waals surface area contributed by atoms with Gasteiger partial charge >= 0.3 is 6.18 Å². The van der Waals surface area contributed by atoms with Gasteiger partial charge in [-0.2, -0.15) is 13.2 Å². The summed E-state index contributed by atoms with van der Waals surface area (Å²) >= 11 is 5.32. The highest BCUT2D eigenvalue weighted by Crippen LogP contribution is 2.40. The summed E-state index contributed by atoms with van der Waals surface area (Å²) in [6.45, 7) is 0.526. The number of alkyl halides is 4. The molecule has 1 unspecified atom stereocenters. The molecule has 1 aromatic rings. The molecule has 0 bridgehead atoms. The van der Waals surface area contributed by atoms with E-state index in [1.54, 1.807) is 6.07 Å². The summed E-state index contributed by atoms with van der Waals surface area (Å²) in [5.74, 6) is 0.657. The third kappa shape index (κ3) is 2.04. The molecule has 0 saturated carbocycles. The Morgan fingerprint density at radius 2 is 2.07 bits per heavy atom. The molecule has 0 N–H and O–H groups in total. The fourth-order valence-corrected chi connectivity index (χ4v) is 1.69. The lowest BCUT2D eigenvalue weighted by Gasteiger charge is -2.14. The topological polar surface area (TPSA) is 9.23 Å². The maximum Gasteiger partial charge on any atom is 0.408 e. The van der Waals surface area contributed by atoms with Crippen molar-refractivity contribution in [2.75, 3.05) is 6.61 Å². The third-order valence-electron chi connectivity index (χ3n) is 2.29. The Kier molecular flexibility index (Phi) is 2.54. The van der Waals surface area contributed by atoms with Gasteiger partial charge < -0.3 is 4.74 Å². The fourth-order valence-electron chi connectivity index (χ4n) is 1.55. The first-order chi connectivity index (χ1) is 6.98. The average Bonchev–Trinajstić information content (AvgIpc) is 2.61. The zero-order valence-electron chi connectivity index (χ0n) is 7.64. The van der Waals surface area contributed by atoms with E-state index in [0.29, 0.717) is 18.8 Å². The van der Waals surface area contributed by atoms with Gasteiger partial charge in [-0.05, 0) is 17.2 Å². The maximum absolute atomic E-state index is 12.3. The molecule has 82 valence electrons. The van der Waals surface area contributed by atoms with Crippen LogP contribution in [-0.2, 0) is 6.42 Å². The van der Waals surface area contributed by atoms with Crippen molar-refractivity contribution >= 4 is 11.6 Å². The number of fused-ring (bicyclic) bond motifs is 1. The first-order valence-corrected chi connectivity index (χ1v) is 4.88. The number of hydrogen-bond donors (Lipinski definition) is 0. The second-order valence-corrected chi connectivity index (χ2v) is 3.81. The lowest BCUT2D eigenvalue weighted by Crippen LogP contribution is -2.15. The Morgan fingerprint density at radius 3 is 2.73 bits per heavy atom. The lowest BCUT2D eigenvalue weighted by molar-refractivity contribution is -0.131. The fraction of sp³-hybridized carbons (Fsp3) is 0.400. The van der Waals surface area contributed by atoms with Crippen LogP contribution in [0.2, 0.25) is 0 Å². The van der Waals surface area contributed by atoms with Crippen LogP contribution in [0.15, 0.2) is 18.2 Å². The van der Waals surface area contributed by atoms with Crippen molar-refractivity contribution in [2.24, 2.45) is 0 Å². The monoisotopic (exact) mass is 236 g/mol. The summed E-state index contributed by atoms with van der Waals surface area (Å²) in [5.41, 5.74) is 0.871. The molecule has 2 rings (SSSR count). The molecule has 15 heavy (non-hydrogen) atoms. The Morgan fingerprint density at radius 1 is 1.33 bits per heavy atom. The van der Waals surface area contributed by atoms with Gasteiger partial charge in [0.1, 0.15) is 5.75 Å². The van der Waals surface area contributed by atoms with E-state index in [-0.39, 0.29) is 5.56 Å². The largest absolute Gasteiger partial charge is 0.493 e. The van der Waals surface area contributed by atoms with Crippen LogP contribution in [0.3, 0.4) is 0 Å². The minimum absolute atomic E-state index is 0.0772. The lowest BCUT2D eigenvalue weighted by atomic mass is 10.1. The van der Waals surface area contributed by atoms with Crippen LogP contribution in [0.5, 0.6) is 5.75 Å². The molecule has 0 amide bonds. The van der Waals surface area contributed by atoms with E-state index >= 15 is 0 Å². The first kappa shape index (κ1) is 10.6. The molecule has 0 saturated heterocycles. The van der Waals surface area contributed by atoms with E-state index in [2.05, 4.69) is 0 Å². The molecule has 0 radical (unpaired) electrons. The molecular weight excluding hydrogens is 229 g/mol. The van der Waals surface area contributed by atoms with Gasteiger partial charge in [-0.15, -0.1) is 11.6 Å². The number of halogens is 4. The van der Waals surface area contributed by atoms with E-state index < -0.39 is 11.6 Å². The SMILES string of the molecule is FC(F)(F)C(Cl)c1ccc2c(c1)CCO2. The zero-order chi connectivity index (χ0) is 11.1. The van der Waals surface area contributed by atoms with Crippen molar-refractivity contribution < 1.29 is 17.9 Å². The van der Waals surface area contributed by atoms with Crippen molar-refractivity contribution in [3.63, 3.8) is 0 Å². The van der Waals surface area contributed by atoms with Crippen LogP contribution in [0.1, 0.15) is 16.5 Å². The molecule has 1 aromatic carbocycles. The minimum Gasteiger partial charge on any atom is -0.493 e. The second kappa shape index (κ2) is 3.59. The van der Waals surface area contributed by atoms with Crippen LogP contribution < -0.4 is 4.74 Å². The molecule has 1 heterocycles. The van der Waals surface area contributed by atoms with Gasteiger partial charge in [0, 0.05) is 6.42 Å². The van der Waals surface area contributed by atoms with Crippen LogP contribution in [-0.4, -0.2) is 12.8 Å². The molecule has 1 aliphatic heterocycles. The second-order valence-electron chi connectivity index (χ2n) is 3.37. The summed E-state index contributed by atoms with van der Waals surface area (Å²) in [6.07, 6.45) is -3.76. The van der Waals surface area contributed by atoms with E-state index in [9.17, 15) is 13.2 Å². The van der Waals surface area contributed by atoms with Gasteiger partial charge in [0.25, 0.3) is 0 Å². The van der Waals surface area contributed by atoms with Crippen molar-refractivity contribution in [3.8, 4) is 5.75 Å². The van der Waals surface area contributed by atoms with Crippen molar-refractivity contribution in [3.05, 3.63) is 29.3 Å². The quantitative estimate of drug-likeness (QED) is 0.679. The molecule has 1 nitrogen and oxygen atoms in total. The normalized spacial score (nSPS) is 17.1. The van der Waals surface area contributed by atoms with Gasteiger partial charge in [-0.1, -0.05) is 12.1 Å². The Hall–Kier alpha value is -0.900. The van der Waals surface area contributed by atoms with E-state index in [0.717, 1.165) is 5.56 Å². The summed E-state index contributed by atoms with van der Waals surface area (Å²) < 4.78 is 42.2. The number of hydrogen-bond acceptors (Lipinski definition) is 1. The van der Waals surface area contributed by atoms with Crippen LogP contribution in [0.25, 0.3) is 0 Å². The molecule has 1 atom stereocenters. The third-order valence-corrected chi connectivity index (χ3v) is 2.79. The highest BCUT2D eigenvalue weighted by Gasteiger charge is 2.39. The maximum atomic E-state index is 12.3. The highest BCUT2D eigenvalue weighted by atomic mass is 35.5. The summed E-state index contributed by atoms with van der Waals surface area (Å²) in [5, 5.41) is -1.94. The standard InChI is InChI=1S/C10H8ClF3O/c11-9(10(12,13)14)7-1-2-8-6(5-7)3-4-15-8/h1-2,5,9H,3-4H2. The minimum atomic E-state index is -4.41. The zero-order valence-corrected chi connectivity index (χ0v) is 8.40. The Labute approximate surface area is 89.8 Å². The predicted octanol–water partition coefficient (Wildman–Crippen LogP) is 3.46. The molecule has 0 aliphatic carbocycles. The molecule has 1 aliphatic rings. The van der Waals surface area contributed by atoms with Crippen molar-refractivity contribution in [1.82, 2.24) is 0 Å². The summed E-state index contributed by atoms with van der Waals surface area (Å²) in [7, 11) is 0. The molecule has 5 heteroatoms. The van der Waals surface area contributed by atoms with E-state index in [4.69, 9.17) is 16.3 Å². The van der Waals surface area contributed by atoms with Gasteiger partial charge in [0.05, 0.1) is 6.61 Å². The number of ether oxygens (including phenoxy) is 1. The van der Waals surface area contributed by atoms with Gasteiger partial charge in [-0.25, -0.2) is 0 Å². The van der Waals surface area contributed by atoms with Crippen LogP contribution in [0.4, 0.5) is 13.2 Å². The smallest absolute Gasteiger partial charge is 0.408 e. The highest BCUT2D eigenvalue weighted by molar-refractivity contribution is 6.21. The first-order valence-electron chi connectivity index (χ1n) is 4.45. The van der Waals surface area contributed by atoms with Gasteiger partial charge in [0.2, 0.25) is 0 Å². The van der Waals surface area contributed by atoms with Crippen LogP contribution >= 0.6 is 11.6 Å².